The van der Waals surface area contributed by atoms with Crippen LogP contribution in [0.25, 0.3) is 0 Å². The maximum absolute atomic E-state index is 12.8. The molecule has 40 heavy (non-hydrogen) atoms. The van der Waals surface area contributed by atoms with E-state index in [4.69, 9.17) is 22.3 Å². The monoisotopic (exact) mass is 572 g/mol. The lowest BCUT2D eigenvalue weighted by atomic mass is 9.98. The fraction of sp³-hybridized carbons (Fsp3) is 0.652. The van der Waals surface area contributed by atoms with Crippen molar-refractivity contribution in [3.8, 4) is 0 Å². The van der Waals surface area contributed by atoms with Gasteiger partial charge in [-0.3, -0.25) is 33.6 Å². The van der Waals surface area contributed by atoms with Crippen molar-refractivity contribution in [2.24, 2.45) is 23.1 Å². The molecule has 0 saturated carbocycles. The van der Waals surface area contributed by atoms with Crippen molar-refractivity contribution in [1.29, 1.82) is 0 Å². The molecule has 0 heterocycles. The summed E-state index contributed by atoms with van der Waals surface area (Å²) in [5.74, 6) is -6.81. The molecule has 12 N–H and O–H groups in total. The molecule has 0 aromatic heterocycles. The molecule has 0 aliphatic heterocycles. The van der Waals surface area contributed by atoms with Crippen molar-refractivity contribution < 1.29 is 43.5 Å². The molecule has 17 nitrogen and oxygen atoms in total. The van der Waals surface area contributed by atoms with Gasteiger partial charge in [0.2, 0.25) is 41.4 Å². The molecule has 0 bridgehead atoms. The second-order valence-corrected chi connectivity index (χ2v) is 9.17. The summed E-state index contributed by atoms with van der Waals surface area (Å²) in [5, 5.41) is 20.8. The summed E-state index contributed by atoms with van der Waals surface area (Å²) >= 11 is 0. The first kappa shape index (κ1) is 35.7. The molecule has 5 atom stereocenters. The Morgan fingerprint density at radius 3 is 1.73 bits per heavy atom. The van der Waals surface area contributed by atoms with Crippen LogP contribution in [0.15, 0.2) is 0 Å². The first-order valence-electron chi connectivity index (χ1n) is 12.6. The highest BCUT2D eigenvalue weighted by molar-refractivity contribution is 5.94. The van der Waals surface area contributed by atoms with Crippen LogP contribution in [0.5, 0.6) is 0 Å². The Kier molecular flexibility index (Phi) is 16.2. The number of aliphatic carboxylic acids is 1. The molecule has 0 rings (SSSR count). The van der Waals surface area contributed by atoms with Crippen molar-refractivity contribution in [1.82, 2.24) is 26.6 Å². The number of hydrogen-bond acceptors (Lipinski definition) is 9. The van der Waals surface area contributed by atoms with E-state index in [1.807, 2.05) is 0 Å². The minimum Gasteiger partial charge on any atom is -0.480 e. The summed E-state index contributed by atoms with van der Waals surface area (Å²) in [4.78, 5) is 94.5. The van der Waals surface area contributed by atoms with Gasteiger partial charge in [-0.05, 0) is 25.7 Å². The SMILES string of the molecule is CCC(C)C(NC(=O)CNC(=O)C(N)CCC(N)=O)C(=O)NC(C)C(=O)NCC(=O)NC(CCC(N)=O)C(=O)O. The van der Waals surface area contributed by atoms with Gasteiger partial charge in [0.05, 0.1) is 19.1 Å². The maximum Gasteiger partial charge on any atom is 0.326 e. The number of nitrogens with two attached hydrogens (primary N) is 3. The summed E-state index contributed by atoms with van der Waals surface area (Å²) in [7, 11) is 0. The molecule has 0 fully saturated rings. The highest BCUT2D eigenvalue weighted by Gasteiger charge is 2.29. The third-order valence-corrected chi connectivity index (χ3v) is 5.76. The largest absolute Gasteiger partial charge is 0.480 e. The van der Waals surface area contributed by atoms with Gasteiger partial charge in [0.1, 0.15) is 18.1 Å². The fourth-order valence-electron chi connectivity index (χ4n) is 3.13. The highest BCUT2D eigenvalue weighted by Crippen LogP contribution is 2.08. The Morgan fingerprint density at radius 1 is 0.725 bits per heavy atom. The van der Waals surface area contributed by atoms with E-state index < -0.39 is 84.6 Å². The minimum atomic E-state index is -1.38. The Morgan fingerprint density at radius 2 is 1.23 bits per heavy atom. The molecule has 0 spiro atoms. The summed E-state index contributed by atoms with van der Waals surface area (Å²) in [6.07, 6.45) is -0.127. The number of primary amides is 2. The lowest BCUT2D eigenvalue weighted by Gasteiger charge is -2.25. The van der Waals surface area contributed by atoms with Crippen molar-refractivity contribution in [2.75, 3.05) is 13.1 Å². The number of hydrogen-bond donors (Lipinski definition) is 9. The summed E-state index contributed by atoms with van der Waals surface area (Å²) < 4.78 is 0. The van der Waals surface area contributed by atoms with Crippen LogP contribution in [-0.4, -0.2) is 89.7 Å². The molecule has 17 heteroatoms. The van der Waals surface area contributed by atoms with E-state index in [-0.39, 0.29) is 31.6 Å². The minimum absolute atomic E-state index is 0.00225. The lowest BCUT2D eigenvalue weighted by Crippen LogP contribution is -2.56. The van der Waals surface area contributed by atoms with Gasteiger partial charge >= 0.3 is 5.97 Å². The van der Waals surface area contributed by atoms with Crippen LogP contribution in [0.4, 0.5) is 0 Å². The molecule has 0 aliphatic rings. The Hall–Kier alpha value is -4.28. The number of carboxylic acids is 1. The van der Waals surface area contributed by atoms with Gasteiger partial charge in [0.25, 0.3) is 0 Å². The molecule has 0 aliphatic carbocycles. The van der Waals surface area contributed by atoms with E-state index in [0.29, 0.717) is 6.42 Å². The molecular formula is C23H40N8O9. The van der Waals surface area contributed by atoms with Crippen LogP contribution in [-0.2, 0) is 38.4 Å². The molecule has 0 radical (unpaired) electrons. The predicted molar refractivity (Wildman–Crippen MR) is 139 cm³/mol. The highest BCUT2D eigenvalue weighted by atomic mass is 16.4. The molecule has 0 aromatic carbocycles. The van der Waals surface area contributed by atoms with Crippen LogP contribution in [0.3, 0.4) is 0 Å². The van der Waals surface area contributed by atoms with Crippen molar-refractivity contribution in [3.05, 3.63) is 0 Å². The maximum atomic E-state index is 12.8. The Bertz CT molecular complexity index is 959. The number of carbonyl (C=O) groups excluding carboxylic acids is 7. The third kappa shape index (κ3) is 14.6. The van der Waals surface area contributed by atoms with Crippen molar-refractivity contribution >= 4 is 47.3 Å². The van der Waals surface area contributed by atoms with Crippen LogP contribution in [0.2, 0.25) is 0 Å². The zero-order chi connectivity index (χ0) is 31.0. The van der Waals surface area contributed by atoms with Crippen molar-refractivity contribution in [2.45, 2.75) is 77.0 Å². The van der Waals surface area contributed by atoms with Crippen LogP contribution < -0.4 is 43.8 Å². The average molecular weight is 573 g/mol. The lowest BCUT2D eigenvalue weighted by molar-refractivity contribution is -0.142. The van der Waals surface area contributed by atoms with Gasteiger partial charge in [-0.25, -0.2) is 4.79 Å². The number of carboxylic acid groups (broad SMARTS) is 1. The van der Waals surface area contributed by atoms with E-state index in [9.17, 15) is 38.4 Å². The van der Waals surface area contributed by atoms with E-state index in [1.54, 1.807) is 13.8 Å². The topological polar surface area (TPSA) is 295 Å². The number of rotatable bonds is 19. The first-order valence-corrected chi connectivity index (χ1v) is 12.6. The number of carbonyl (C=O) groups is 8. The van der Waals surface area contributed by atoms with Gasteiger partial charge in [-0.15, -0.1) is 0 Å². The van der Waals surface area contributed by atoms with E-state index >= 15 is 0 Å². The molecule has 0 aromatic rings. The van der Waals surface area contributed by atoms with Crippen LogP contribution >= 0.6 is 0 Å². The van der Waals surface area contributed by atoms with Crippen molar-refractivity contribution in [3.63, 3.8) is 0 Å². The summed E-state index contributed by atoms with van der Waals surface area (Å²) in [5.41, 5.74) is 15.6. The third-order valence-electron chi connectivity index (χ3n) is 5.76. The van der Waals surface area contributed by atoms with E-state index in [0.717, 1.165) is 0 Å². The quantitative estimate of drug-likeness (QED) is 0.0717. The second-order valence-electron chi connectivity index (χ2n) is 9.17. The zero-order valence-electron chi connectivity index (χ0n) is 22.8. The van der Waals surface area contributed by atoms with E-state index in [1.165, 1.54) is 6.92 Å². The van der Waals surface area contributed by atoms with E-state index in [2.05, 4.69) is 26.6 Å². The average Bonchev–Trinajstić information content (AvgIpc) is 2.88. The van der Waals surface area contributed by atoms with Gasteiger partial charge in [-0.2, -0.15) is 0 Å². The standard InChI is InChI=1S/C23H40N8O9/c1-4-11(2)19(31-18(35)10-28-21(37)13(24)5-7-15(25)32)22(38)29-12(3)20(36)27-9-17(34)30-14(23(39)40)6-8-16(26)33/h11-14,19H,4-10,24H2,1-3H3,(H2,25,32)(H2,26,33)(H,27,36)(H,28,37)(H,29,38)(H,30,34)(H,31,35)(H,39,40). The molecule has 226 valence electrons. The fourth-order valence-corrected chi connectivity index (χ4v) is 3.13. The molecule has 0 saturated heterocycles. The smallest absolute Gasteiger partial charge is 0.326 e. The zero-order valence-corrected chi connectivity index (χ0v) is 22.8. The summed E-state index contributed by atoms with van der Waals surface area (Å²) in [6.45, 7) is 3.70. The predicted octanol–water partition coefficient (Wildman–Crippen LogP) is -4.32. The van der Waals surface area contributed by atoms with Crippen LogP contribution in [0.1, 0.15) is 52.9 Å². The van der Waals surface area contributed by atoms with Gasteiger partial charge in [-0.1, -0.05) is 20.3 Å². The number of amides is 7. The molecule has 7 amide bonds. The molecular weight excluding hydrogens is 532 g/mol. The van der Waals surface area contributed by atoms with Gasteiger partial charge in [0, 0.05) is 12.8 Å². The summed E-state index contributed by atoms with van der Waals surface area (Å²) in [6, 6.07) is -4.65. The molecule has 5 unspecified atom stereocenters. The second kappa shape index (κ2) is 18.1. The number of nitrogens with one attached hydrogen (secondary N) is 5. The van der Waals surface area contributed by atoms with Gasteiger partial charge in [0.15, 0.2) is 0 Å². The van der Waals surface area contributed by atoms with Crippen LogP contribution in [0, 0.1) is 5.92 Å². The first-order chi connectivity index (χ1) is 18.6. The normalized spacial score (nSPS) is 14.3. The van der Waals surface area contributed by atoms with Gasteiger partial charge < -0.3 is 48.9 Å². The Balaban J connectivity index is 4.90. The Labute approximate surface area is 231 Å².